The van der Waals surface area contributed by atoms with Crippen LogP contribution in [0.15, 0.2) is 66.2 Å². The Kier molecular flexibility index (Phi) is 5.62. The topological polar surface area (TPSA) is 77.2 Å². The van der Waals surface area contributed by atoms with E-state index >= 15 is 0 Å². The minimum atomic E-state index is -0.674. The fourth-order valence-electron chi connectivity index (χ4n) is 1.90. The molecule has 0 saturated carbocycles. The van der Waals surface area contributed by atoms with E-state index in [0.29, 0.717) is 11.3 Å². The normalized spacial score (nSPS) is 11.0. The van der Waals surface area contributed by atoms with Crippen LogP contribution in [0.5, 0.6) is 0 Å². The Labute approximate surface area is 138 Å². The third-order valence-electron chi connectivity index (χ3n) is 3.00. The zero-order valence-electron chi connectivity index (χ0n) is 13.1. The summed E-state index contributed by atoms with van der Waals surface area (Å²) < 4.78 is 23.1. The molecule has 0 aliphatic rings. The van der Waals surface area contributed by atoms with Gasteiger partial charge in [0.2, 0.25) is 5.91 Å². The Hall–Kier alpha value is -3.22. The molecule has 0 aliphatic heterocycles. The molecule has 7 heteroatoms. The summed E-state index contributed by atoms with van der Waals surface area (Å²) in [7, 11) is 1.41. The van der Waals surface area contributed by atoms with E-state index in [4.69, 9.17) is 9.15 Å². The van der Waals surface area contributed by atoms with Gasteiger partial charge in [0.15, 0.2) is 0 Å². The van der Waals surface area contributed by atoms with Crippen LogP contribution in [0.2, 0.25) is 0 Å². The third-order valence-corrected chi connectivity index (χ3v) is 3.00. The van der Waals surface area contributed by atoms with Gasteiger partial charge in [0.25, 0.3) is 0 Å². The smallest absolute Gasteiger partial charge is 0.230 e. The average molecular weight is 329 g/mol. The molecule has 2 aromatic heterocycles. The van der Waals surface area contributed by atoms with Crippen molar-refractivity contribution in [3.05, 3.63) is 73.1 Å². The number of halogens is 1. The number of allylic oxidation sites excluding steroid dienone is 3. The number of nitrogens with one attached hydrogen (secondary N) is 1. The van der Waals surface area contributed by atoms with Crippen molar-refractivity contribution in [3.8, 4) is 0 Å². The van der Waals surface area contributed by atoms with Crippen LogP contribution < -0.4 is 5.32 Å². The standard InChI is InChI=1S/C17H16FN3O3/c1-11(18)6-14(12(2)23-3)15-8-16(20-10-19-15)21-17(22)7-13-4-5-24-9-13/h4-6,8-10H,1-2,7H2,3H3,(H,19,20,21,22)/b14-6+. The van der Waals surface area contributed by atoms with Crippen molar-refractivity contribution >= 4 is 17.3 Å². The summed E-state index contributed by atoms with van der Waals surface area (Å²) in [4.78, 5) is 20.0. The predicted octanol–water partition coefficient (Wildman–Crippen LogP) is 3.28. The first-order valence-corrected chi connectivity index (χ1v) is 6.92. The third kappa shape index (κ3) is 4.64. The molecule has 0 atom stereocenters. The number of methoxy groups -OCH3 is 1. The Morgan fingerprint density at radius 2 is 2.25 bits per heavy atom. The van der Waals surface area contributed by atoms with Crippen LogP contribution in [0.1, 0.15) is 11.3 Å². The molecule has 124 valence electrons. The number of furan rings is 1. The molecule has 0 spiro atoms. The summed E-state index contributed by atoms with van der Waals surface area (Å²) in [5, 5.41) is 2.64. The van der Waals surface area contributed by atoms with Gasteiger partial charge in [-0.25, -0.2) is 14.4 Å². The van der Waals surface area contributed by atoms with Gasteiger partial charge in [0, 0.05) is 11.6 Å². The van der Waals surface area contributed by atoms with Crippen LogP contribution >= 0.6 is 0 Å². The quantitative estimate of drug-likeness (QED) is 0.623. The Morgan fingerprint density at radius 3 is 2.88 bits per heavy atom. The molecule has 0 radical (unpaired) electrons. The van der Waals surface area contributed by atoms with Gasteiger partial charge in [0.05, 0.1) is 31.8 Å². The molecule has 0 aliphatic carbocycles. The van der Waals surface area contributed by atoms with Crippen molar-refractivity contribution in [2.75, 3.05) is 12.4 Å². The van der Waals surface area contributed by atoms with Crippen molar-refractivity contribution in [2.45, 2.75) is 6.42 Å². The van der Waals surface area contributed by atoms with Crippen LogP contribution in [0, 0.1) is 0 Å². The first-order valence-electron chi connectivity index (χ1n) is 6.92. The predicted molar refractivity (Wildman–Crippen MR) is 87.4 cm³/mol. The second-order valence-electron chi connectivity index (χ2n) is 4.78. The Bertz CT molecular complexity index is 782. The van der Waals surface area contributed by atoms with Crippen LogP contribution in [-0.4, -0.2) is 23.0 Å². The van der Waals surface area contributed by atoms with Gasteiger partial charge in [-0.05, 0) is 17.7 Å². The molecule has 1 amide bonds. The molecule has 0 fully saturated rings. The minimum Gasteiger partial charge on any atom is -0.497 e. The largest absolute Gasteiger partial charge is 0.497 e. The van der Waals surface area contributed by atoms with Crippen molar-refractivity contribution in [3.63, 3.8) is 0 Å². The molecule has 2 aromatic rings. The van der Waals surface area contributed by atoms with Gasteiger partial charge in [-0.1, -0.05) is 13.2 Å². The van der Waals surface area contributed by atoms with E-state index in [1.54, 1.807) is 6.07 Å². The lowest BCUT2D eigenvalue weighted by Gasteiger charge is -2.10. The number of hydrogen-bond donors (Lipinski definition) is 1. The molecule has 1 N–H and O–H groups in total. The molecular formula is C17H16FN3O3. The lowest BCUT2D eigenvalue weighted by Crippen LogP contribution is -2.15. The van der Waals surface area contributed by atoms with E-state index in [9.17, 15) is 9.18 Å². The van der Waals surface area contributed by atoms with Gasteiger partial charge >= 0.3 is 0 Å². The van der Waals surface area contributed by atoms with E-state index in [2.05, 4.69) is 28.4 Å². The number of nitrogens with zero attached hydrogens (tertiary/aromatic N) is 2. The summed E-state index contributed by atoms with van der Waals surface area (Å²) in [6, 6.07) is 3.19. The highest BCUT2D eigenvalue weighted by Crippen LogP contribution is 2.23. The molecule has 24 heavy (non-hydrogen) atoms. The highest BCUT2D eigenvalue weighted by Gasteiger charge is 2.12. The minimum absolute atomic E-state index is 0.143. The van der Waals surface area contributed by atoms with Crippen LogP contribution in [0.4, 0.5) is 10.2 Å². The Balaban J connectivity index is 2.19. The maximum absolute atomic E-state index is 13.2. The first-order chi connectivity index (χ1) is 11.5. The number of hydrogen-bond acceptors (Lipinski definition) is 5. The zero-order chi connectivity index (χ0) is 17.5. The maximum atomic E-state index is 13.2. The summed E-state index contributed by atoms with van der Waals surface area (Å²) in [5.74, 6) is -0.463. The number of ether oxygens (including phenoxy) is 1. The number of carbonyl (C=O) groups is 1. The van der Waals surface area contributed by atoms with Crippen molar-refractivity contribution in [2.24, 2.45) is 0 Å². The summed E-state index contributed by atoms with van der Waals surface area (Å²) in [6.45, 7) is 6.87. The molecule has 2 rings (SSSR count). The van der Waals surface area contributed by atoms with Gasteiger partial charge in [-0.2, -0.15) is 0 Å². The van der Waals surface area contributed by atoms with Gasteiger partial charge in [0.1, 0.15) is 23.7 Å². The summed E-state index contributed by atoms with van der Waals surface area (Å²) >= 11 is 0. The highest BCUT2D eigenvalue weighted by molar-refractivity contribution is 5.91. The number of rotatable bonds is 7. The summed E-state index contributed by atoms with van der Waals surface area (Å²) in [6.07, 6.45) is 5.51. The van der Waals surface area contributed by atoms with Gasteiger partial charge in [-0.15, -0.1) is 0 Å². The molecule has 2 heterocycles. The maximum Gasteiger partial charge on any atom is 0.230 e. The van der Waals surface area contributed by atoms with Crippen molar-refractivity contribution in [1.29, 1.82) is 0 Å². The molecular weight excluding hydrogens is 313 g/mol. The number of amides is 1. The Morgan fingerprint density at radius 1 is 1.46 bits per heavy atom. The van der Waals surface area contributed by atoms with E-state index in [1.807, 2.05) is 0 Å². The average Bonchev–Trinajstić information content (AvgIpc) is 3.04. The van der Waals surface area contributed by atoms with Crippen LogP contribution in [0.3, 0.4) is 0 Å². The van der Waals surface area contributed by atoms with Gasteiger partial charge < -0.3 is 14.5 Å². The zero-order valence-corrected chi connectivity index (χ0v) is 13.1. The molecule has 6 nitrogen and oxygen atoms in total. The van der Waals surface area contributed by atoms with E-state index in [0.717, 1.165) is 11.6 Å². The van der Waals surface area contributed by atoms with Crippen molar-refractivity contribution < 1.29 is 18.3 Å². The molecule has 0 bridgehead atoms. The molecule has 0 saturated heterocycles. The number of carbonyl (C=O) groups excluding carboxylic acids is 1. The fourth-order valence-corrected chi connectivity index (χ4v) is 1.90. The van der Waals surface area contributed by atoms with Crippen LogP contribution in [-0.2, 0) is 16.0 Å². The van der Waals surface area contributed by atoms with E-state index < -0.39 is 5.83 Å². The lowest BCUT2D eigenvalue weighted by molar-refractivity contribution is -0.115. The highest BCUT2D eigenvalue weighted by atomic mass is 19.1. The van der Waals surface area contributed by atoms with Crippen LogP contribution in [0.25, 0.3) is 5.57 Å². The number of aromatic nitrogens is 2. The summed E-state index contributed by atoms with van der Waals surface area (Å²) in [5.41, 5.74) is 1.39. The monoisotopic (exact) mass is 329 g/mol. The van der Waals surface area contributed by atoms with Crippen molar-refractivity contribution in [1.82, 2.24) is 9.97 Å². The van der Waals surface area contributed by atoms with E-state index in [-0.39, 0.29) is 23.9 Å². The SMILES string of the molecule is C=C(F)/C=C(\C(=C)OC)c1cc(NC(=O)Cc2ccoc2)ncn1. The second kappa shape index (κ2) is 7.87. The second-order valence-corrected chi connectivity index (χ2v) is 4.78. The molecule has 0 aromatic carbocycles. The van der Waals surface area contributed by atoms with E-state index in [1.165, 1.54) is 32.0 Å². The fraction of sp³-hybridized carbons (Fsp3) is 0.118. The van der Waals surface area contributed by atoms with Gasteiger partial charge in [-0.3, -0.25) is 4.79 Å². The number of anilines is 1. The lowest BCUT2D eigenvalue weighted by atomic mass is 10.1. The molecule has 0 unspecified atom stereocenters. The first kappa shape index (κ1) is 17.1.